The van der Waals surface area contributed by atoms with Gasteiger partial charge >= 0.3 is 0 Å². The fourth-order valence-electron chi connectivity index (χ4n) is 8.09. The van der Waals surface area contributed by atoms with E-state index in [0.29, 0.717) is 76.1 Å². The minimum atomic E-state index is -0.339. The number of β-amino-alcohol motifs (C(OH)–C–C–N with tert-alkyl or cyclic N) is 1. The number of piperazine rings is 1. The second-order valence-corrected chi connectivity index (χ2v) is 15.4. The van der Waals surface area contributed by atoms with Gasteiger partial charge in [-0.15, -0.1) is 0 Å². The van der Waals surface area contributed by atoms with E-state index in [1.807, 2.05) is 30.3 Å². The molecule has 3 aromatic rings. The average molecular weight is 667 g/mol. The Morgan fingerprint density at radius 1 is 1.09 bits per heavy atom. The number of fused-ring (bicyclic) bond motifs is 3. The number of anilines is 2. The Labute approximate surface area is 281 Å². The molecule has 8 rings (SSSR count). The number of benzene rings is 2. The summed E-state index contributed by atoms with van der Waals surface area (Å²) in [5, 5.41) is 15.5. The second-order valence-electron chi connectivity index (χ2n) is 14.5. The van der Waals surface area contributed by atoms with Crippen LogP contribution in [0.3, 0.4) is 0 Å². The molecule has 46 heavy (non-hydrogen) atoms. The maximum atomic E-state index is 14.1. The lowest BCUT2D eigenvalue weighted by molar-refractivity contribution is -0.108. The number of likely N-dealkylation sites (tertiary alicyclic amines) is 1. The van der Waals surface area contributed by atoms with Gasteiger partial charge in [0.05, 0.1) is 23.0 Å². The van der Waals surface area contributed by atoms with Gasteiger partial charge in [-0.05, 0) is 85.4 Å². The minimum Gasteiger partial charge on any atom is -0.389 e. The molecule has 11 heteroatoms. The van der Waals surface area contributed by atoms with Crippen molar-refractivity contribution in [1.29, 1.82) is 0 Å². The van der Waals surface area contributed by atoms with E-state index in [9.17, 15) is 9.90 Å². The van der Waals surface area contributed by atoms with E-state index in [4.69, 9.17) is 33.2 Å². The van der Waals surface area contributed by atoms with Gasteiger partial charge in [0, 0.05) is 61.5 Å². The molecule has 246 valence electrons. The van der Waals surface area contributed by atoms with Gasteiger partial charge in [0.1, 0.15) is 0 Å². The topological polar surface area (TPSA) is 89.2 Å². The number of hydrogen-bond donors (Lipinski definition) is 2. The van der Waals surface area contributed by atoms with Crippen LogP contribution < -0.4 is 15.8 Å². The lowest BCUT2D eigenvalue weighted by atomic mass is 9.45. The van der Waals surface area contributed by atoms with Gasteiger partial charge in [-0.3, -0.25) is 9.36 Å². The number of likely N-dealkylation sites (N-methyl/N-ethyl adjacent to an activating group) is 1. The molecule has 3 aliphatic carbocycles. The number of nitrogens with one attached hydrogen (secondary N) is 1. The fraction of sp³-hybridized carbons (Fsp3) is 0.571. The molecule has 3 heterocycles. The van der Waals surface area contributed by atoms with Crippen LogP contribution in [-0.2, 0) is 13.0 Å². The Kier molecular flexibility index (Phi) is 8.49. The predicted molar refractivity (Wildman–Crippen MR) is 187 cm³/mol. The van der Waals surface area contributed by atoms with Crippen LogP contribution >= 0.6 is 23.2 Å². The maximum absolute atomic E-state index is 14.1. The van der Waals surface area contributed by atoms with E-state index < -0.39 is 0 Å². The van der Waals surface area contributed by atoms with E-state index in [1.165, 1.54) is 6.42 Å². The number of hydrogen-bond acceptors (Lipinski definition) is 6. The summed E-state index contributed by atoms with van der Waals surface area (Å²) in [6.45, 7) is 12.1. The molecular formula is C35H45Cl2N7O2. The van der Waals surface area contributed by atoms with Crippen LogP contribution in [0.5, 0.6) is 0 Å². The average Bonchev–Trinajstić information content (AvgIpc) is 3.00. The molecule has 4 atom stereocenters. The third-order valence-corrected chi connectivity index (χ3v) is 11.9. The van der Waals surface area contributed by atoms with Gasteiger partial charge in [-0.2, -0.15) is 0 Å². The summed E-state index contributed by atoms with van der Waals surface area (Å²) >= 11 is 12.6. The molecule has 0 radical (unpaired) electrons. The quantitative estimate of drug-likeness (QED) is 0.276. The van der Waals surface area contributed by atoms with E-state index >= 15 is 0 Å². The lowest BCUT2D eigenvalue weighted by Crippen LogP contribution is -2.58. The van der Waals surface area contributed by atoms with Crippen molar-refractivity contribution in [2.45, 2.75) is 58.7 Å². The van der Waals surface area contributed by atoms with E-state index in [2.05, 4.69) is 47.8 Å². The Morgan fingerprint density at radius 2 is 1.85 bits per heavy atom. The maximum Gasteiger partial charge on any atom is 0.262 e. The molecule has 2 N–H and O–H groups in total. The smallest absolute Gasteiger partial charge is 0.262 e. The number of halogens is 2. The summed E-state index contributed by atoms with van der Waals surface area (Å²) in [6, 6.07) is 11.5. The molecule has 2 aromatic carbocycles. The van der Waals surface area contributed by atoms with Gasteiger partial charge in [-0.1, -0.05) is 50.0 Å². The summed E-state index contributed by atoms with van der Waals surface area (Å²) in [4.78, 5) is 31.1. The Balaban J connectivity index is 1.20. The molecule has 3 saturated carbocycles. The first-order chi connectivity index (χ1) is 22.0. The van der Waals surface area contributed by atoms with Crippen molar-refractivity contribution < 1.29 is 5.11 Å². The Bertz CT molecular complexity index is 1710. The Morgan fingerprint density at radius 3 is 2.52 bits per heavy atom. The van der Waals surface area contributed by atoms with Crippen LogP contribution in [0.15, 0.2) is 46.2 Å². The lowest BCUT2D eigenvalue weighted by Gasteiger charge is -2.61. The second kappa shape index (κ2) is 12.3. The van der Waals surface area contributed by atoms with E-state index in [1.54, 1.807) is 10.6 Å². The standard InChI is InChI=1S/C35H45Cl2N7O2/c1-21-28-15-23(35(28,2)3)16-30(21)39-33(43-19-26(45)20-43)38-25-7-8-27-31(18-25)40-34(42-13-11-41(4)12-14-42)44(32(27)46)10-9-22-5-6-24(36)17-29(22)37/h5-8,17-18,21,23,26,28,30,45H,9-16,19-20H2,1-4H3,(H,38,39)/t21-,23-,28+,30-/m0/s1. The normalized spacial score (nSPS) is 26.6. The number of aliphatic imine (C=N–C) groups is 1. The zero-order valence-corrected chi connectivity index (χ0v) is 28.7. The largest absolute Gasteiger partial charge is 0.389 e. The van der Waals surface area contributed by atoms with Crippen LogP contribution in [0.4, 0.5) is 11.6 Å². The van der Waals surface area contributed by atoms with Gasteiger partial charge in [-0.25, -0.2) is 9.98 Å². The van der Waals surface area contributed by atoms with Crippen molar-refractivity contribution in [3.8, 4) is 0 Å². The molecule has 2 aliphatic heterocycles. The van der Waals surface area contributed by atoms with Crippen molar-refractivity contribution in [3.63, 3.8) is 0 Å². The van der Waals surface area contributed by atoms with Crippen molar-refractivity contribution in [1.82, 2.24) is 19.4 Å². The molecule has 1 aromatic heterocycles. The molecular weight excluding hydrogens is 621 g/mol. The highest BCUT2D eigenvalue weighted by molar-refractivity contribution is 6.35. The number of aliphatic hydroxyl groups is 1. The number of aromatic nitrogens is 2. The zero-order valence-electron chi connectivity index (χ0n) is 27.2. The van der Waals surface area contributed by atoms with E-state index in [-0.39, 0.29) is 17.7 Å². The Hall–Kier alpha value is -2.85. The van der Waals surface area contributed by atoms with Crippen LogP contribution in [0.2, 0.25) is 10.0 Å². The number of guanidine groups is 1. The number of aliphatic hydroxyl groups excluding tert-OH is 1. The molecule has 5 fully saturated rings. The molecule has 0 unspecified atom stereocenters. The first kappa shape index (κ1) is 31.7. The van der Waals surface area contributed by atoms with Crippen molar-refractivity contribution >= 4 is 51.7 Å². The van der Waals surface area contributed by atoms with E-state index in [0.717, 1.165) is 49.8 Å². The third kappa shape index (κ3) is 5.89. The van der Waals surface area contributed by atoms with Crippen molar-refractivity contribution in [2.24, 2.45) is 28.2 Å². The van der Waals surface area contributed by atoms with Gasteiger partial charge < -0.3 is 25.1 Å². The van der Waals surface area contributed by atoms with Crippen LogP contribution in [0.25, 0.3) is 10.9 Å². The molecule has 0 amide bonds. The van der Waals surface area contributed by atoms with Crippen LogP contribution in [-0.4, -0.2) is 88.9 Å². The van der Waals surface area contributed by atoms with Crippen molar-refractivity contribution in [3.05, 3.63) is 62.4 Å². The molecule has 2 bridgehead atoms. The zero-order chi connectivity index (χ0) is 32.3. The molecule has 5 aliphatic rings. The fourth-order valence-corrected chi connectivity index (χ4v) is 8.60. The summed E-state index contributed by atoms with van der Waals surface area (Å²) < 4.78 is 1.80. The number of rotatable bonds is 6. The third-order valence-electron chi connectivity index (χ3n) is 11.4. The summed E-state index contributed by atoms with van der Waals surface area (Å²) in [6.07, 6.45) is 2.65. The van der Waals surface area contributed by atoms with Crippen LogP contribution in [0.1, 0.15) is 39.2 Å². The van der Waals surface area contributed by atoms with Crippen LogP contribution in [0, 0.1) is 23.2 Å². The highest BCUT2D eigenvalue weighted by atomic mass is 35.5. The van der Waals surface area contributed by atoms with Crippen molar-refractivity contribution in [2.75, 3.05) is 56.5 Å². The monoisotopic (exact) mass is 665 g/mol. The first-order valence-electron chi connectivity index (χ1n) is 16.7. The first-order valence-corrected chi connectivity index (χ1v) is 17.4. The molecule has 2 saturated heterocycles. The van der Waals surface area contributed by atoms with Gasteiger partial charge in [0.15, 0.2) is 5.96 Å². The minimum absolute atomic E-state index is 0.0619. The SMILES string of the molecule is C[C@@H]1[C@@H](N=C(Nc2ccc3c(=O)n(CCc4ccc(Cl)cc4Cl)c(N4CCN(C)CC4)nc3c2)N2CC(O)C2)C[C@@H]2C[C@H]1C2(C)C. The molecule has 9 nitrogen and oxygen atoms in total. The summed E-state index contributed by atoms with van der Waals surface area (Å²) in [7, 11) is 2.12. The number of aryl methyl sites for hydroxylation is 1. The summed E-state index contributed by atoms with van der Waals surface area (Å²) in [5.74, 6) is 3.40. The highest BCUT2D eigenvalue weighted by Crippen LogP contribution is 2.61. The number of nitrogens with zero attached hydrogens (tertiary/aromatic N) is 6. The molecule has 0 spiro atoms. The van der Waals surface area contributed by atoms with Gasteiger partial charge in [0.25, 0.3) is 5.56 Å². The summed E-state index contributed by atoms with van der Waals surface area (Å²) in [5.41, 5.74) is 2.77. The predicted octanol–water partition coefficient (Wildman–Crippen LogP) is 5.21. The highest BCUT2D eigenvalue weighted by Gasteiger charge is 2.56. The van der Waals surface area contributed by atoms with Gasteiger partial charge in [0.2, 0.25) is 5.95 Å².